The molecule has 2 heteroatoms. The van der Waals surface area contributed by atoms with Crippen LogP contribution in [0, 0.1) is 0 Å². The lowest BCUT2D eigenvalue weighted by Crippen LogP contribution is -2.01. The lowest BCUT2D eigenvalue weighted by Gasteiger charge is -2.18. The fraction of sp³-hybridized carbons (Fsp3) is 0.316. The molecule has 0 radical (unpaired) electrons. The van der Waals surface area contributed by atoms with Crippen LogP contribution in [0.1, 0.15) is 49.1 Å². The second kappa shape index (κ2) is 8.25. The van der Waals surface area contributed by atoms with Crippen molar-refractivity contribution in [2.45, 2.75) is 38.0 Å². The number of benzene rings is 2. The minimum absolute atomic E-state index is 0.279. The highest BCUT2D eigenvalue weighted by Crippen LogP contribution is 2.29. The van der Waals surface area contributed by atoms with Gasteiger partial charge in [-0.1, -0.05) is 73.5 Å². The molecular formula is C19H22O2. The van der Waals surface area contributed by atoms with Crippen LogP contribution in [0.3, 0.4) is 0 Å². The monoisotopic (exact) mass is 282 g/mol. The van der Waals surface area contributed by atoms with Crippen LogP contribution in [0.2, 0.25) is 0 Å². The topological polar surface area (TPSA) is 37.3 Å². The Morgan fingerprint density at radius 3 is 1.81 bits per heavy atom. The van der Waals surface area contributed by atoms with Crippen LogP contribution in [-0.4, -0.2) is 11.1 Å². The van der Waals surface area contributed by atoms with E-state index < -0.39 is 5.97 Å². The highest BCUT2D eigenvalue weighted by molar-refractivity contribution is 5.66. The average Bonchev–Trinajstić information content (AvgIpc) is 2.52. The van der Waals surface area contributed by atoms with E-state index in [0.717, 1.165) is 25.7 Å². The van der Waals surface area contributed by atoms with Crippen molar-refractivity contribution in [1.82, 2.24) is 0 Å². The molecule has 1 N–H and O–H groups in total. The number of rotatable bonds is 8. The summed E-state index contributed by atoms with van der Waals surface area (Å²) >= 11 is 0. The summed E-state index contributed by atoms with van der Waals surface area (Å²) < 4.78 is 0. The summed E-state index contributed by atoms with van der Waals surface area (Å²) in [6.07, 6.45) is 4.14. The van der Waals surface area contributed by atoms with Crippen LogP contribution >= 0.6 is 0 Å². The SMILES string of the molecule is O=C(O)CCCCCC(c1ccccc1)c1ccccc1. The van der Waals surface area contributed by atoms with Gasteiger partial charge in [0.2, 0.25) is 0 Å². The highest BCUT2D eigenvalue weighted by Gasteiger charge is 2.13. The first-order chi connectivity index (χ1) is 10.3. The molecule has 0 heterocycles. The lowest BCUT2D eigenvalue weighted by atomic mass is 9.87. The van der Waals surface area contributed by atoms with Gasteiger partial charge in [-0.3, -0.25) is 4.79 Å². The zero-order valence-electron chi connectivity index (χ0n) is 12.2. The Hall–Kier alpha value is -2.09. The fourth-order valence-corrected chi connectivity index (χ4v) is 2.70. The molecule has 0 aliphatic carbocycles. The molecule has 0 spiro atoms. The van der Waals surface area contributed by atoms with E-state index in [4.69, 9.17) is 5.11 Å². The summed E-state index contributed by atoms with van der Waals surface area (Å²) in [5, 5.41) is 8.68. The molecule has 0 amide bonds. The van der Waals surface area contributed by atoms with Crippen LogP contribution in [0.25, 0.3) is 0 Å². The molecule has 2 nitrogen and oxygen atoms in total. The summed E-state index contributed by atoms with van der Waals surface area (Å²) in [5.41, 5.74) is 2.67. The molecule has 0 bridgehead atoms. The third kappa shape index (κ3) is 5.07. The molecule has 2 aromatic rings. The molecule has 0 fully saturated rings. The first-order valence-electron chi connectivity index (χ1n) is 7.59. The van der Waals surface area contributed by atoms with Crippen molar-refractivity contribution in [3.05, 3.63) is 71.8 Å². The highest BCUT2D eigenvalue weighted by atomic mass is 16.4. The number of unbranched alkanes of at least 4 members (excludes halogenated alkanes) is 2. The van der Waals surface area contributed by atoms with Gasteiger partial charge in [-0.2, -0.15) is 0 Å². The Kier molecular flexibility index (Phi) is 6.01. The summed E-state index contributed by atoms with van der Waals surface area (Å²) in [5.74, 6) is -0.296. The number of hydrogen-bond donors (Lipinski definition) is 1. The molecule has 0 saturated carbocycles. The number of carbonyl (C=O) groups is 1. The Morgan fingerprint density at radius 1 is 0.810 bits per heavy atom. The largest absolute Gasteiger partial charge is 0.481 e. The predicted octanol–water partition coefficient (Wildman–Crippen LogP) is 4.85. The van der Waals surface area contributed by atoms with Gasteiger partial charge in [-0.05, 0) is 24.0 Å². The third-order valence-electron chi connectivity index (χ3n) is 3.79. The van der Waals surface area contributed by atoms with Crippen molar-refractivity contribution in [2.24, 2.45) is 0 Å². The van der Waals surface area contributed by atoms with Crippen LogP contribution < -0.4 is 0 Å². The summed E-state index contributed by atoms with van der Waals surface area (Å²) in [7, 11) is 0. The van der Waals surface area contributed by atoms with Gasteiger partial charge in [0.1, 0.15) is 0 Å². The van der Waals surface area contributed by atoms with Crippen LogP contribution in [0.5, 0.6) is 0 Å². The maximum Gasteiger partial charge on any atom is 0.303 e. The Bertz CT molecular complexity index is 495. The molecule has 110 valence electrons. The van der Waals surface area contributed by atoms with E-state index in [2.05, 4.69) is 48.5 Å². The van der Waals surface area contributed by atoms with Gasteiger partial charge in [-0.15, -0.1) is 0 Å². The van der Waals surface area contributed by atoms with Gasteiger partial charge in [0.05, 0.1) is 0 Å². The van der Waals surface area contributed by atoms with Gasteiger partial charge in [-0.25, -0.2) is 0 Å². The van der Waals surface area contributed by atoms with Crippen LogP contribution in [0.4, 0.5) is 0 Å². The van der Waals surface area contributed by atoms with Crippen molar-refractivity contribution in [3.8, 4) is 0 Å². The van der Waals surface area contributed by atoms with E-state index in [1.807, 2.05) is 12.1 Å². The van der Waals surface area contributed by atoms with Gasteiger partial charge >= 0.3 is 5.97 Å². The molecule has 0 unspecified atom stereocenters. The predicted molar refractivity (Wildman–Crippen MR) is 85.4 cm³/mol. The smallest absolute Gasteiger partial charge is 0.303 e. The normalized spacial score (nSPS) is 10.7. The van der Waals surface area contributed by atoms with Crippen molar-refractivity contribution in [1.29, 1.82) is 0 Å². The molecule has 2 rings (SSSR count). The van der Waals surface area contributed by atoms with Gasteiger partial charge in [0.25, 0.3) is 0 Å². The zero-order valence-corrected chi connectivity index (χ0v) is 12.2. The molecule has 0 aliphatic heterocycles. The van der Waals surface area contributed by atoms with E-state index in [-0.39, 0.29) is 6.42 Å². The number of hydrogen-bond acceptors (Lipinski definition) is 1. The molecular weight excluding hydrogens is 260 g/mol. The quantitative estimate of drug-likeness (QED) is 0.702. The van der Waals surface area contributed by atoms with Gasteiger partial charge < -0.3 is 5.11 Å². The molecule has 0 aliphatic rings. The maximum absolute atomic E-state index is 10.5. The Morgan fingerprint density at radius 2 is 1.33 bits per heavy atom. The number of carboxylic acids is 1. The summed E-state index contributed by atoms with van der Waals surface area (Å²) in [6, 6.07) is 21.1. The summed E-state index contributed by atoms with van der Waals surface area (Å²) in [6.45, 7) is 0. The van der Waals surface area contributed by atoms with E-state index in [1.54, 1.807) is 0 Å². The van der Waals surface area contributed by atoms with E-state index in [0.29, 0.717) is 5.92 Å². The van der Waals surface area contributed by atoms with Crippen LogP contribution in [-0.2, 0) is 4.79 Å². The maximum atomic E-state index is 10.5. The first kappa shape index (κ1) is 15.3. The van der Waals surface area contributed by atoms with E-state index in [9.17, 15) is 4.79 Å². The fourth-order valence-electron chi connectivity index (χ4n) is 2.70. The minimum atomic E-state index is -0.697. The summed E-state index contributed by atoms with van der Waals surface area (Å²) in [4.78, 5) is 10.5. The average molecular weight is 282 g/mol. The number of carboxylic acid groups (broad SMARTS) is 1. The molecule has 21 heavy (non-hydrogen) atoms. The van der Waals surface area contributed by atoms with E-state index >= 15 is 0 Å². The first-order valence-corrected chi connectivity index (χ1v) is 7.59. The van der Waals surface area contributed by atoms with Crippen molar-refractivity contribution >= 4 is 5.97 Å². The number of aliphatic carboxylic acids is 1. The van der Waals surface area contributed by atoms with Crippen LogP contribution in [0.15, 0.2) is 60.7 Å². The van der Waals surface area contributed by atoms with Gasteiger partial charge in [0.15, 0.2) is 0 Å². The van der Waals surface area contributed by atoms with E-state index in [1.165, 1.54) is 11.1 Å². The van der Waals surface area contributed by atoms with Crippen molar-refractivity contribution < 1.29 is 9.90 Å². The minimum Gasteiger partial charge on any atom is -0.481 e. The third-order valence-corrected chi connectivity index (χ3v) is 3.79. The zero-order chi connectivity index (χ0) is 14.9. The standard InChI is InChI=1S/C19H22O2/c20-19(21)15-9-3-8-14-18(16-10-4-1-5-11-16)17-12-6-2-7-13-17/h1-2,4-7,10-13,18H,3,8-9,14-15H2,(H,20,21). The molecule has 2 aromatic carbocycles. The van der Waals surface area contributed by atoms with Gasteiger partial charge in [0, 0.05) is 12.3 Å². The van der Waals surface area contributed by atoms with Crippen molar-refractivity contribution in [3.63, 3.8) is 0 Å². The lowest BCUT2D eigenvalue weighted by molar-refractivity contribution is -0.137. The second-order valence-corrected chi connectivity index (χ2v) is 5.37. The molecule has 0 saturated heterocycles. The Balaban J connectivity index is 1.99. The molecule has 0 aromatic heterocycles. The van der Waals surface area contributed by atoms with Crippen molar-refractivity contribution in [2.75, 3.05) is 0 Å². The second-order valence-electron chi connectivity index (χ2n) is 5.37. The molecule has 0 atom stereocenters. The Labute approximate surface area is 126 Å².